The van der Waals surface area contributed by atoms with Crippen LogP contribution in [0.4, 0.5) is 0 Å². The lowest BCUT2D eigenvalue weighted by atomic mass is 9.87. The summed E-state index contributed by atoms with van der Waals surface area (Å²) < 4.78 is 27.6. The third-order valence-electron chi connectivity index (χ3n) is 4.79. The molecular formula is C22H28O7. The molecule has 0 radical (unpaired) electrons. The van der Waals surface area contributed by atoms with Crippen LogP contribution in [0.15, 0.2) is 18.2 Å². The summed E-state index contributed by atoms with van der Waals surface area (Å²) in [5, 5.41) is 0.946. The normalized spacial score (nSPS) is 11.1. The van der Waals surface area contributed by atoms with E-state index in [1.54, 1.807) is 18.2 Å². The average molecular weight is 404 g/mol. The first-order valence-electron chi connectivity index (χ1n) is 9.32. The molecule has 7 nitrogen and oxygen atoms in total. The van der Waals surface area contributed by atoms with Crippen LogP contribution in [0.1, 0.15) is 40.5 Å². The minimum Gasteiger partial charge on any atom is -0.496 e. The number of carbonyl (C=O) groups is 2. The van der Waals surface area contributed by atoms with Crippen LogP contribution >= 0.6 is 0 Å². The van der Waals surface area contributed by atoms with Crippen LogP contribution in [0.3, 0.4) is 0 Å². The van der Waals surface area contributed by atoms with E-state index < -0.39 is 11.9 Å². The van der Waals surface area contributed by atoms with Crippen molar-refractivity contribution < 1.29 is 33.3 Å². The highest BCUT2D eigenvalue weighted by Crippen LogP contribution is 2.53. The molecule has 2 rings (SSSR count). The number of fused-ring (bicyclic) bond motifs is 1. The maximum atomic E-state index is 12.7. The average Bonchev–Trinajstić information content (AvgIpc) is 2.67. The molecule has 7 heteroatoms. The molecule has 0 heterocycles. The van der Waals surface area contributed by atoms with Crippen molar-refractivity contribution in [2.24, 2.45) is 5.41 Å². The Morgan fingerprint density at radius 3 is 2.03 bits per heavy atom. The topological polar surface area (TPSA) is 80.3 Å². The lowest BCUT2D eigenvalue weighted by Gasteiger charge is -2.23. The van der Waals surface area contributed by atoms with Crippen LogP contribution in [-0.2, 0) is 9.59 Å². The van der Waals surface area contributed by atoms with E-state index in [1.165, 1.54) is 28.3 Å². The number of hydrogen-bond acceptors (Lipinski definition) is 7. The Labute approximate surface area is 170 Å². The maximum absolute atomic E-state index is 12.7. The van der Waals surface area contributed by atoms with Crippen molar-refractivity contribution in [3.8, 4) is 28.7 Å². The minimum atomic E-state index is -0.535. The van der Waals surface area contributed by atoms with Gasteiger partial charge in [0.1, 0.15) is 5.75 Å². The first kappa shape index (κ1) is 22.3. The molecule has 2 aromatic carbocycles. The van der Waals surface area contributed by atoms with Crippen LogP contribution in [0.5, 0.6) is 28.7 Å². The molecule has 0 unspecified atom stereocenters. The van der Waals surface area contributed by atoms with Gasteiger partial charge in [0.05, 0.1) is 33.1 Å². The summed E-state index contributed by atoms with van der Waals surface area (Å²) in [6, 6.07) is 5.20. The number of rotatable bonds is 8. The fraction of sp³-hybridized carbons (Fsp3) is 0.455. The highest BCUT2D eigenvalue weighted by atomic mass is 16.6. The summed E-state index contributed by atoms with van der Waals surface area (Å²) >= 11 is 0. The van der Waals surface area contributed by atoms with E-state index in [4.69, 9.17) is 23.7 Å². The van der Waals surface area contributed by atoms with Gasteiger partial charge in [0.2, 0.25) is 11.5 Å². The fourth-order valence-corrected chi connectivity index (χ4v) is 2.95. The van der Waals surface area contributed by atoms with Crippen LogP contribution < -0.4 is 23.7 Å². The minimum absolute atomic E-state index is 0.136. The van der Waals surface area contributed by atoms with E-state index in [2.05, 4.69) is 0 Å². The molecule has 158 valence electrons. The summed E-state index contributed by atoms with van der Waals surface area (Å²) in [6.07, 6.45) is 1.05. The molecule has 0 aliphatic rings. The summed E-state index contributed by atoms with van der Waals surface area (Å²) in [5.74, 6) is 0.118. The second-order valence-corrected chi connectivity index (χ2v) is 7.37. The molecule has 0 atom stereocenters. The van der Waals surface area contributed by atoms with Gasteiger partial charge in [0.25, 0.3) is 0 Å². The monoisotopic (exact) mass is 404 g/mol. The van der Waals surface area contributed by atoms with Crippen LogP contribution in [0.25, 0.3) is 10.8 Å². The van der Waals surface area contributed by atoms with Crippen molar-refractivity contribution in [1.82, 2.24) is 0 Å². The van der Waals surface area contributed by atoms with Gasteiger partial charge in [-0.25, -0.2) is 0 Å². The van der Waals surface area contributed by atoms with Crippen molar-refractivity contribution in [2.75, 3.05) is 21.3 Å². The Hall–Kier alpha value is -2.96. The van der Waals surface area contributed by atoms with Gasteiger partial charge in [0.15, 0.2) is 11.5 Å². The number of benzene rings is 2. The molecule has 0 aliphatic carbocycles. The zero-order chi connectivity index (χ0) is 21.8. The van der Waals surface area contributed by atoms with E-state index in [0.29, 0.717) is 16.5 Å². The number of esters is 2. The first-order valence-corrected chi connectivity index (χ1v) is 9.32. The predicted octanol–water partition coefficient (Wildman–Crippen LogP) is 4.52. The Bertz CT molecular complexity index is 915. The largest absolute Gasteiger partial charge is 0.496 e. The molecule has 2 aromatic rings. The van der Waals surface area contributed by atoms with Gasteiger partial charge in [-0.3, -0.25) is 9.59 Å². The smallest absolute Gasteiger partial charge is 0.311 e. The Balaban J connectivity index is 2.78. The van der Waals surface area contributed by atoms with Gasteiger partial charge in [-0.15, -0.1) is 0 Å². The summed E-state index contributed by atoms with van der Waals surface area (Å²) in [4.78, 5) is 24.4. The molecule has 29 heavy (non-hydrogen) atoms. The van der Waals surface area contributed by atoms with Gasteiger partial charge in [-0.05, 0) is 11.5 Å². The Kier molecular flexibility index (Phi) is 6.95. The molecule has 0 aliphatic heterocycles. The first-order chi connectivity index (χ1) is 13.7. The van der Waals surface area contributed by atoms with Crippen molar-refractivity contribution >= 4 is 22.7 Å². The molecule has 0 N–H and O–H groups in total. The summed E-state index contributed by atoms with van der Waals surface area (Å²) in [7, 11) is 4.34. The quantitative estimate of drug-likeness (QED) is 0.472. The molecule has 0 amide bonds. The van der Waals surface area contributed by atoms with Crippen LogP contribution in [0, 0.1) is 5.41 Å². The highest BCUT2D eigenvalue weighted by Gasteiger charge is 2.29. The number of carbonyl (C=O) groups excluding carboxylic acids is 2. The van der Waals surface area contributed by atoms with Crippen LogP contribution in [0.2, 0.25) is 0 Å². The summed E-state index contributed by atoms with van der Waals surface area (Å²) in [6.45, 7) is 7.30. The summed E-state index contributed by atoms with van der Waals surface area (Å²) in [5.41, 5.74) is -0.209. The van der Waals surface area contributed by atoms with Gasteiger partial charge in [-0.1, -0.05) is 39.3 Å². The fourth-order valence-electron chi connectivity index (χ4n) is 2.95. The Morgan fingerprint density at radius 1 is 0.897 bits per heavy atom. The number of ether oxygens (including phenoxy) is 5. The molecule has 0 spiro atoms. The van der Waals surface area contributed by atoms with Gasteiger partial charge < -0.3 is 23.7 Å². The SMILES string of the molecule is CCC(C)(C)CC(=O)Oc1c(OC)c(OC)c(OC(C)=O)c2c(OC)cccc12. The second-order valence-electron chi connectivity index (χ2n) is 7.37. The second kappa shape index (κ2) is 9.03. The maximum Gasteiger partial charge on any atom is 0.311 e. The zero-order valence-electron chi connectivity index (χ0n) is 18.0. The van der Waals surface area contributed by atoms with E-state index >= 15 is 0 Å². The van der Waals surface area contributed by atoms with Crippen molar-refractivity contribution in [3.63, 3.8) is 0 Å². The number of methoxy groups -OCH3 is 3. The lowest BCUT2D eigenvalue weighted by molar-refractivity contribution is -0.136. The lowest BCUT2D eigenvalue weighted by Crippen LogP contribution is -2.20. The molecule has 0 bridgehead atoms. The van der Waals surface area contributed by atoms with Gasteiger partial charge in [-0.2, -0.15) is 0 Å². The Morgan fingerprint density at radius 2 is 1.52 bits per heavy atom. The standard InChI is InChI=1S/C22H28O7/c1-8-22(3,4)12-16(24)29-18-14-10-9-11-15(25-5)17(14)19(28-13(2)23)21(27-7)20(18)26-6/h9-11H,8,12H2,1-7H3. The van der Waals surface area contributed by atoms with E-state index in [1.807, 2.05) is 20.8 Å². The molecule has 0 saturated heterocycles. The third kappa shape index (κ3) is 4.72. The zero-order valence-corrected chi connectivity index (χ0v) is 18.0. The third-order valence-corrected chi connectivity index (χ3v) is 4.79. The van der Waals surface area contributed by atoms with E-state index in [9.17, 15) is 9.59 Å². The van der Waals surface area contributed by atoms with Crippen molar-refractivity contribution in [1.29, 1.82) is 0 Å². The van der Waals surface area contributed by atoms with Crippen molar-refractivity contribution in [2.45, 2.75) is 40.5 Å². The molecular weight excluding hydrogens is 376 g/mol. The van der Waals surface area contributed by atoms with Crippen LogP contribution in [-0.4, -0.2) is 33.3 Å². The van der Waals surface area contributed by atoms with E-state index in [-0.39, 0.29) is 34.8 Å². The van der Waals surface area contributed by atoms with Gasteiger partial charge >= 0.3 is 11.9 Å². The van der Waals surface area contributed by atoms with Gasteiger partial charge in [0, 0.05) is 12.3 Å². The molecule has 0 fully saturated rings. The molecule has 0 saturated carbocycles. The number of hydrogen-bond donors (Lipinski definition) is 0. The highest BCUT2D eigenvalue weighted by molar-refractivity contribution is 6.04. The molecule has 0 aromatic heterocycles. The van der Waals surface area contributed by atoms with E-state index in [0.717, 1.165) is 6.42 Å². The van der Waals surface area contributed by atoms with Crippen molar-refractivity contribution in [3.05, 3.63) is 18.2 Å². The predicted molar refractivity (Wildman–Crippen MR) is 109 cm³/mol.